The highest BCUT2D eigenvalue weighted by atomic mass is 35.5. The summed E-state index contributed by atoms with van der Waals surface area (Å²) in [6.07, 6.45) is 1.73. The maximum atomic E-state index is 12.2. The molecule has 2 aromatic rings. The molecule has 1 aliphatic carbocycles. The Labute approximate surface area is 133 Å². The molecule has 3 rings (SSSR count). The maximum absolute atomic E-state index is 12.2. The fourth-order valence-electron chi connectivity index (χ4n) is 2.39. The first kappa shape index (κ1) is 15.5. The number of H-pyrrole nitrogens is 2. The molecule has 2 N–H and O–H groups in total. The summed E-state index contributed by atoms with van der Waals surface area (Å²) in [7, 11) is 0. The van der Waals surface area contributed by atoms with E-state index in [4.69, 9.17) is 11.6 Å². The van der Waals surface area contributed by atoms with Crippen LogP contribution in [0.25, 0.3) is 11.3 Å². The Bertz CT molecular complexity index is 878. The first-order valence-corrected chi connectivity index (χ1v) is 7.15. The van der Waals surface area contributed by atoms with E-state index in [1.54, 1.807) is 6.07 Å². The molecule has 6 nitrogen and oxygen atoms in total. The summed E-state index contributed by atoms with van der Waals surface area (Å²) in [4.78, 5) is 27.3. The van der Waals surface area contributed by atoms with Crippen LogP contribution in [-0.4, -0.2) is 26.6 Å². The largest absolute Gasteiger partial charge is 0.325 e. The third-order valence-electron chi connectivity index (χ3n) is 3.61. The molecular formula is C14H11ClF2N4O2. The Morgan fingerprint density at radius 3 is 2.83 bits per heavy atom. The van der Waals surface area contributed by atoms with Gasteiger partial charge in [-0.05, 0) is 36.0 Å². The number of hydrogen-bond acceptors (Lipinski definition) is 4. The molecule has 0 bridgehead atoms. The lowest BCUT2D eigenvalue weighted by molar-refractivity contribution is 0.203. The van der Waals surface area contributed by atoms with Crippen molar-refractivity contribution in [2.45, 2.75) is 18.8 Å². The second-order valence-corrected chi connectivity index (χ2v) is 5.54. The SMILES string of the molecule is O=c1[nH]cc(-c2cc([C@H]3C[C@@H]3/C=C/C(F)F)c(Cl)nn2)c(=O)[nH]1. The Kier molecular flexibility index (Phi) is 4.08. The highest BCUT2D eigenvalue weighted by Gasteiger charge is 2.38. The normalized spacial score (nSPS) is 20.3. The van der Waals surface area contributed by atoms with Crippen molar-refractivity contribution in [2.24, 2.45) is 5.92 Å². The van der Waals surface area contributed by atoms with Crippen LogP contribution in [0.1, 0.15) is 17.9 Å². The van der Waals surface area contributed by atoms with Crippen molar-refractivity contribution in [3.8, 4) is 11.3 Å². The van der Waals surface area contributed by atoms with Crippen LogP contribution in [0.15, 0.2) is 34.0 Å². The molecule has 0 amide bonds. The van der Waals surface area contributed by atoms with Crippen LogP contribution in [0.3, 0.4) is 0 Å². The van der Waals surface area contributed by atoms with Crippen molar-refractivity contribution in [2.75, 3.05) is 0 Å². The summed E-state index contributed by atoms with van der Waals surface area (Å²) < 4.78 is 24.4. The Balaban J connectivity index is 1.92. The van der Waals surface area contributed by atoms with E-state index in [1.807, 2.05) is 0 Å². The number of rotatable bonds is 4. The van der Waals surface area contributed by atoms with Gasteiger partial charge in [0.2, 0.25) is 0 Å². The highest BCUT2D eigenvalue weighted by Crippen LogP contribution is 2.50. The minimum Gasteiger partial charge on any atom is -0.313 e. The Morgan fingerprint density at radius 1 is 1.35 bits per heavy atom. The van der Waals surface area contributed by atoms with E-state index >= 15 is 0 Å². The lowest BCUT2D eigenvalue weighted by atomic mass is 10.1. The average molecular weight is 341 g/mol. The van der Waals surface area contributed by atoms with E-state index in [-0.39, 0.29) is 28.2 Å². The van der Waals surface area contributed by atoms with Gasteiger partial charge in [0.15, 0.2) is 5.15 Å². The molecule has 2 heterocycles. The van der Waals surface area contributed by atoms with Gasteiger partial charge in [0.25, 0.3) is 12.0 Å². The monoisotopic (exact) mass is 340 g/mol. The summed E-state index contributed by atoms with van der Waals surface area (Å²) >= 11 is 6.02. The number of nitrogens with zero attached hydrogens (tertiary/aromatic N) is 2. The van der Waals surface area contributed by atoms with Crippen molar-refractivity contribution in [3.63, 3.8) is 0 Å². The number of alkyl halides is 2. The van der Waals surface area contributed by atoms with Gasteiger partial charge in [-0.1, -0.05) is 17.7 Å². The van der Waals surface area contributed by atoms with Gasteiger partial charge in [-0.25, -0.2) is 13.6 Å². The van der Waals surface area contributed by atoms with Crippen molar-refractivity contribution >= 4 is 11.6 Å². The maximum Gasteiger partial charge on any atom is 0.325 e. The molecule has 1 fully saturated rings. The second kappa shape index (κ2) is 6.04. The second-order valence-electron chi connectivity index (χ2n) is 5.19. The summed E-state index contributed by atoms with van der Waals surface area (Å²) in [5.41, 5.74) is -0.173. The number of hydrogen-bond donors (Lipinski definition) is 2. The van der Waals surface area contributed by atoms with Gasteiger partial charge in [0, 0.05) is 6.20 Å². The molecule has 1 saturated carbocycles. The summed E-state index contributed by atoms with van der Waals surface area (Å²) in [5, 5.41) is 7.83. The topological polar surface area (TPSA) is 91.5 Å². The molecule has 0 saturated heterocycles. The molecule has 0 aliphatic heterocycles. The fourth-order valence-corrected chi connectivity index (χ4v) is 2.63. The summed E-state index contributed by atoms with van der Waals surface area (Å²) in [5.74, 6) is -0.0685. The fraction of sp³-hybridized carbons (Fsp3) is 0.286. The van der Waals surface area contributed by atoms with Gasteiger partial charge in [-0.15, -0.1) is 10.2 Å². The van der Waals surface area contributed by atoms with E-state index < -0.39 is 17.7 Å². The molecule has 0 unspecified atom stereocenters. The zero-order valence-electron chi connectivity index (χ0n) is 11.6. The molecule has 2 atom stereocenters. The molecule has 0 aromatic carbocycles. The van der Waals surface area contributed by atoms with Crippen molar-refractivity contribution in [1.82, 2.24) is 20.2 Å². The average Bonchev–Trinajstić information content (AvgIpc) is 3.25. The standard InChI is InChI=1S/C14H11ClF2N4O2/c15-12-8(7-3-6(7)1-2-11(16)17)4-10(20-21-12)9-5-18-14(23)19-13(9)22/h1-2,4-7,11H,3H2,(H2,18,19,22,23)/b2-1+/t6-,7-/m0/s1. The van der Waals surface area contributed by atoms with E-state index in [9.17, 15) is 18.4 Å². The van der Waals surface area contributed by atoms with E-state index in [2.05, 4.69) is 20.2 Å². The predicted octanol–water partition coefficient (Wildman–Crippen LogP) is 2.10. The first-order chi connectivity index (χ1) is 11.0. The van der Waals surface area contributed by atoms with Gasteiger partial charge in [0.1, 0.15) is 5.69 Å². The molecule has 120 valence electrons. The zero-order chi connectivity index (χ0) is 16.6. The molecular weight excluding hydrogens is 330 g/mol. The van der Waals surface area contributed by atoms with Crippen LogP contribution >= 0.6 is 11.6 Å². The Morgan fingerprint density at radius 2 is 2.13 bits per heavy atom. The van der Waals surface area contributed by atoms with Gasteiger partial charge in [0.05, 0.1) is 5.56 Å². The van der Waals surface area contributed by atoms with Crippen LogP contribution < -0.4 is 11.2 Å². The smallest absolute Gasteiger partial charge is 0.313 e. The molecule has 1 aliphatic rings. The van der Waals surface area contributed by atoms with Crippen LogP contribution in [0, 0.1) is 5.92 Å². The number of aromatic amines is 2. The first-order valence-electron chi connectivity index (χ1n) is 6.77. The van der Waals surface area contributed by atoms with E-state index in [1.165, 1.54) is 12.3 Å². The van der Waals surface area contributed by atoms with Crippen molar-refractivity contribution in [1.29, 1.82) is 0 Å². The van der Waals surface area contributed by atoms with Crippen LogP contribution in [0.2, 0.25) is 5.15 Å². The van der Waals surface area contributed by atoms with Crippen LogP contribution in [0.4, 0.5) is 8.78 Å². The molecule has 0 spiro atoms. The van der Waals surface area contributed by atoms with Gasteiger partial charge < -0.3 is 4.98 Å². The number of allylic oxidation sites excluding steroid dienone is 2. The van der Waals surface area contributed by atoms with Gasteiger partial charge in [-0.2, -0.15) is 0 Å². The lowest BCUT2D eigenvalue weighted by Crippen LogP contribution is -2.23. The lowest BCUT2D eigenvalue weighted by Gasteiger charge is -2.04. The summed E-state index contributed by atoms with van der Waals surface area (Å²) in [6.45, 7) is 0. The van der Waals surface area contributed by atoms with Gasteiger partial charge in [-0.3, -0.25) is 9.78 Å². The van der Waals surface area contributed by atoms with Crippen molar-refractivity contribution in [3.05, 3.63) is 56.0 Å². The van der Waals surface area contributed by atoms with Crippen molar-refractivity contribution < 1.29 is 8.78 Å². The Hall–Kier alpha value is -2.35. The van der Waals surface area contributed by atoms with E-state index in [0.29, 0.717) is 12.0 Å². The molecule has 9 heteroatoms. The molecule has 0 radical (unpaired) electrons. The van der Waals surface area contributed by atoms with E-state index in [0.717, 1.165) is 6.08 Å². The molecule has 23 heavy (non-hydrogen) atoms. The minimum atomic E-state index is -2.49. The highest BCUT2D eigenvalue weighted by molar-refractivity contribution is 6.30. The third-order valence-corrected chi connectivity index (χ3v) is 3.91. The minimum absolute atomic E-state index is 0.0337. The van der Waals surface area contributed by atoms with Crippen LogP contribution in [0.5, 0.6) is 0 Å². The quantitative estimate of drug-likeness (QED) is 0.834. The molecule has 2 aromatic heterocycles. The predicted molar refractivity (Wildman–Crippen MR) is 79.7 cm³/mol. The number of aromatic nitrogens is 4. The summed E-state index contributed by atoms with van der Waals surface area (Å²) in [6, 6.07) is 1.60. The number of halogens is 3. The zero-order valence-corrected chi connectivity index (χ0v) is 12.3. The number of nitrogens with one attached hydrogen (secondary N) is 2. The van der Waals surface area contributed by atoms with Crippen LogP contribution in [-0.2, 0) is 0 Å². The van der Waals surface area contributed by atoms with Gasteiger partial charge >= 0.3 is 5.69 Å². The third kappa shape index (κ3) is 3.37.